The van der Waals surface area contributed by atoms with Crippen LogP contribution in [0.15, 0.2) is 40.3 Å². The van der Waals surface area contributed by atoms with E-state index in [9.17, 15) is 9.50 Å². The Bertz CT molecular complexity index is 917. The number of rotatable bonds is 4. The van der Waals surface area contributed by atoms with Gasteiger partial charge in [0.2, 0.25) is 0 Å². The largest absolute Gasteiger partial charge is 0.504 e. The van der Waals surface area contributed by atoms with E-state index in [0.29, 0.717) is 17.9 Å². The first-order chi connectivity index (χ1) is 11.2. The molecule has 0 amide bonds. The van der Waals surface area contributed by atoms with E-state index >= 15 is 0 Å². The van der Waals surface area contributed by atoms with Gasteiger partial charge in [-0.1, -0.05) is 12.1 Å². The molecule has 116 valence electrons. The van der Waals surface area contributed by atoms with E-state index in [2.05, 4.69) is 15.3 Å². The van der Waals surface area contributed by atoms with Crippen molar-refractivity contribution in [2.75, 3.05) is 18.4 Å². The molecule has 0 unspecified atom stereocenters. The van der Waals surface area contributed by atoms with Crippen molar-refractivity contribution in [2.45, 2.75) is 12.8 Å². The molecular formula is C18H16FN3O. The predicted octanol–water partition coefficient (Wildman–Crippen LogP) is 2.08. The van der Waals surface area contributed by atoms with Gasteiger partial charge in [0.05, 0.1) is 11.0 Å². The number of hydrogen-bond acceptors (Lipinski definition) is 4. The second-order valence-electron chi connectivity index (χ2n) is 5.73. The zero-order chi connectivity index (χ0) is 15.8. The monoisotopic (exact) mass is 309 g/mol. The fourth-order valence-electron chi connectivity index (χ4n) is 3.03. The number of phenolic OH excluding ortho intramolecular Hbond substituents is 1. The summed E-state index contributed by atoms with van der Waals surface area (Å²) in [6.45, 7) is 1.39. The van der Waals surface area contributed by atoms with Gasteiger partial charge >= 0.3 is 0 Å². The lowest BCUT2D eigenvalue weighted by molar-refractivity contribution is 0.478. The topological polar surface area (TPSA) is 57.0 Å². The SMILES string of the molecule is Oc1c(NCCc2ccc(F)cc2)cc2c3c1N=CC=3CCN=2. The molecule has 0 radical (unpaired) electrons. The van der Waals surface area contributed by atoms with Crippen molar-refractivity contribution >= 4 is 23.2 Å². The van der Waals surface area contributed by atoms with Crippen LogP contribution in [-0.4, -0.2) is 24.4 Å². The van der Waals surface area contributed by atoms with E-state index in [1.165, 1.54) is 12.1 Å². The molecule has 0 saturated carbocycles. The van der Waals surface area contributed by atoms with Gasteiger partial charge in [-0.25, -0.2) is 4.39 Å². The van der Waals surface area contributed by atoms with Gasteiger partial charge in [0.15, 0.2) is 5.75 Å². The van der Waals surface area contributed by atoms with Crippen molar-refractivity contribution < 1.29 is 9.50 Å². The Hall–Kier alpha value is -2.69. The number of hydrogen-bond donors (Lipinski definition) is 2. The minimum atomic E-state index is -0.233. The molecular weight excluding hydrogens is 293 g/mol. The molecule has 2 aliphatic rings. The molecule has 0 fully saturated rings. The van der Waals surface area contributed by atoms with Gasteiger partial charge in [-0.2, -0.15) is 0 Å². The standard InChI is InChI=1S/C18H16FN3O/c19-13-3-1-11(2-4-13)5-7-21-15-9-14-16-12(6-8-20-14)10-22-17(16)18(15)23/h1-4,9-10,21,23H,5-8H2. The Morgan fingerprint density at radius 3 is 2.87 bits per heavy atom. The zero-order valence-corrected chi connectivity index (χ0v) is 12.5. The van der Waals surface area contributed by atoms with Crippen LogP contribution < -0.4 is 15.9 Å². The van der Waals surface area contributed by atoms with Crippen LogP contribution in [-0.2, 0) is 6.42 Å². The van der Waals surface area contributed by atoms with Crippen LogP contribution in [0.1, 0.15) is 12.0 Å². The number of phenols is 1. The summed E-state index contributed by atoms with van der Waals surface area (Å²) >= 11 is 0. The molecule has 2 aromatic rings. The predicted molar refractivity (Wildman–Crippen MR) is 88.5 cm³/mol. The number of benzene rings is 2. The molecule has 4 rings (SSSR count). The summed E-state index contributed by atoms with van der Waals surface area (Å²) in [5.41, 5.74) is 3.45. The quantitative estimate of drug-likeness (QED) is 0.850. The first kappa shape index (κ1) is 13.9. The molecule has 0 atom stereocenters. The highest BCUT2D eigenvalue weighted by molar-refractivity contribution is 6.08. The fourth-order valence-corrected chi connectivity index (χ4v) is 3.03. The molecule has 0 aliphatic carbocycles. The van der Waals surface area contributed by atoms with Crippen LogP contribution in [0.3, 0.4) is 0 Å². The van der Waals surface area contributed by atoms with E-state index in [4.69, 9.17) is 0 Å². The van der Waals surface area contributed by atoms with Crippen molar-refractivity contribution in [3.63, 3.8) is 0 Å². The Kier molecular flexibility index (Phi) is 3.33. The van der Waals surface area contributed by atoms with E-state index in [-0.39, 0.29) is 11.6 Å². The molecule has 2 heterocycles. The normalized spacial score (nSPS) is 14.6. The third-order valence-electron chi connectivity index (χ3n) is 4.23. The smallest absolute Gasteiger partial charge is 0.165 e. The van der Waals surface area contributed by atoms with Crippen LogP contribution in [0.25, 0.3) is 5.57 Å². The minimum Gasteiger partial charge on any atom is -0.504 e. The van der Waals surface area contributed by atoms with Gasteiger partial charge in [0.25, 0.3) is 0 Å². The molecule has 2 aliphatic heterocycles. The maximum absolute atomic E-state index is 12.9. The fraction of sp³-hybridized carbons (Fsp3) is 0.222. The highest BCUT2D eigenvalue weighted by Crippen LogP contribution is 2.32. The van der Waals surface area contributed by atoms with Crippen LogP contribution in [0.4, 0.5) is 15.8 Å². The number of nitrogens with zero attached hydrogens (tertiary/aromatic N) is 2. The summed E-state index contributed by atoms with van der Waals surface area (Å²) in [6.07, 6.45) is 3.44. The Labute approximate surface area is 132 Å². The van der Waals surface area contributed by atoms with Gasteiger partial charge in [-0.05, 0) is 42.2 Å². The summed E-state index contributed by atoms with van der Waals surface area (Å²) in [5.74, 6) is -0.0604. The second kappa shape index (κ2) is 5.50. The van der Waals surface area contributed by atoms with Crippen LogP contribution in [0.2, 0.25) is 0 Å². The van der Waals surface area contributed by atoms with Crippen molar-refractivity contribution in [1.29, 1.82) is 0 Å². The van der Waals surface area contributed by atoms with Gasteiger partial charge in [-0.3, -0.25) is 9.98 Å². The first-order valence-electron chi connectivity index (χ1n) is 7.68. The maximum Gasteiger partial charge on any atom is 0.165 e. The number of aromatic hydroxyl groups is 1. The molecule has 0 spiro atoms. The Morgan fingerprint density at radius 2 is 2.04 bits per heavy atom. The highest BCUT2D eigenvalue weighted by atomic mass is 19.1. The van der Waals surface area contributed by atoms with Gasteiger partial charge in [0.1, 0.15) is 11.5 Å². The Morgan fingerprint density at radius 1 is 1.22 bits per heavy atom. The number of aliphatic imine (C=N–C) groups is 1. The van der Waals surface area contributed by atoms with E-state index < -0.39 is 0 Å². The second-order valence-corrected chi connectivity index (χ2v) is 5.73. The van der Waals surface area contributed by atoms with Crippen molar-refractivity contribution in [3.05, 3.63) is 52.3 Å². The molecule has 5 heteroatoms. The first-order valence-corrected chi connectivity index (χ1v) is 7.68. The summed E-state index contributed by atoms with van der Waals surface area (Å²) in [5, 5.41) is 15.5. The molecule has 2 N–H and O–H groups in total. The van der Waals surface area contributed by atoms with Crippen LogP contribution in [0.5, 0.6) is 5.75 Å². The average molecular weight is 309 g/mol. The lowest BCUT2D eigenvalue weighted by Crippen LogP contribution is -2.30. The van der Waals surface area contributed by atoms with Gasteiger partial charge in [-0.15, -0.1) is 0 Å². The summed E-state index contributed by atoms with van der Waals surface area (Å²) < 4.78 is 12.9. The van der Waals surface area contributed by atoms with Crippen molar-refractivity contribution in [3.8, 4) is 5.75 Å². The summed E-state index contributed by atoms with van der Waals surface area (Å²) in [4.78, 5) is 8.86. The lowest BCUT2D eigenvalue weighted by Gasteiger charge is -2.12. The summed E-state index contributed by atoms with van der Waals surface area (Å²) in [7, 11) is 0. The summed E-state index contributed by atoms with van der Waals surface area (Å²) in [6, 6.07) is 8.33. The van der Waals surface area contributed by atoms with Crippen molar-refractivity contribution in [2.24, 2.45) is 9.98 Å². The van der Waals surface area contributed by atoms with Crippen LogP contribution in [0, 0.1) is 5.82 Å². The molecule has 0 saturated heterocycles. The van der Waals surface area contributed by atoms with E-state index in [1.54, 1.807) is 12.1 Å². The van der Waals surface area contributed by atoms with E-state index in [0.717, 1.165) is 41.1 Å². The van der Waals surface area contributed by atoms with Gasteiger partial charge < -0.3 is 10.4 Å². The third-order valence-corrected chi connectivity index (χ3v) is 4.23. The van der Waals surface area contributed by atoms with E-state index in [1.807, 2.05) is 12.3 Å². The molecule has 23 heavy (non-hydrogen) atoms. The third kappa shape index (κ3) is 2.48. The number of nitrogens with one attached hydrogen (secondary N) is 1. The maximum atomic E-state index is 12.9. The zero-order valence-electron chi connectivity index (χ0n) is 12.5. The lowest BCUT2D eigenvalue weighted by atomic mass is 10.1. The Balaban J connectivity index is 1.57. The minimum absolute atomic E-state index is 0.172. The molecule has 0 bridgehead atoms. The number of halogens is 1. The molecule has 0 aromatic heterocycles. The van der Waals surface area contributed by atoms with Crippen molar-refractivity contribution in [1.82, 2.24) is 0 Å². The molecule has 4 nitrogen and oxygen atoms in total. The van der Waals surface area contributed by atoms with Gasteiger partial charge in [0, 0.05) is 24.5 Å². The van der Waals surface area contributed by atoms with Crippen LogP contribution >= 0.6 is 0 Å². The molecule has 2 aromatic carbocycles. The average Bonchev–Trinajstić information content (AvgIpc) is 3.00. The highest BCUT2D eigenvalue weighted by Gasteiger charge is 2.18. The number of anilines is 1.